The third-order valence-corrected chi connectivity index (χ3v) is 3.99. The van der Waals surface area contributed by atoms with Gasteiger partial charge < -0.3 is 5.11 Å². The van der Waals surface area contributed by atoms with E-state index >= 15 is 0 Å². The number of aliphatic carboxylic acids is 1. The Morgan fingerprint density at radius 3 is 2.84 bits per heavy atom. The fourth-order valence-electron chi connectivity index (χ4n) is 1.68. The molecule has 6 heteroatoms. The van der Waals surface area contributed by atoms with Gasteiger partial charge in [-0.3, -0.25) is 9.36 Å². The zero-order valence-corrected chi connectivity index (χ0v) is 12.1. The number of rotatable bonds is 4. The van der Waals surface area contributed by atoms with Gasteiger partial charge in [0.25, 0.3) is 0 Å². The molecule has 0 spiro atoms. The molecule has 0 radical (unpaired) electrons. The fraction of sp³-hybridized carbons (Fsp3) is 0.231. The molecule has 0 atom stereocenters. The second kappa shape index (κ2) is 5.67. The number of hydrogen-bond acceptors (Lipinski definition) is 3. The van der Waals surface area contributed by atoms with E-state index in [9.17, 15) is 4.79 Å². The first-order valence-corrected chi connectivity index (χ1v) is 7.01. The van der Waals surface area contributed by atoms with Crippen LogP contribution in [0, 0.1) is 13.8 Å². The van der Waals surface area contributed by atoms with Crippen LogP contribution in [-0.4, -0.2) is 26.4 Å². The number of hydrogen-bond donors (Lipinski definition) is 1. The summed E-state index contributed by atoms with van der Waals surface area (Å²) in [5.74, 6) is -0.880. The predicted octanol–water partition coefficient (Wildman–Crippen LogP) is 3.32. The average Bonchev–Trinajstić information content (AvgIpc) is 2.71. The van der Waals surface area contributed by atoms with Gasteiger partial charge in [-0.25, -0.2) is 4.98 Å². The number of carbonyl (C=O) groups is 1. The number of thioether (sulfide) groups is 1. The van der Waals surface area contributed by atoms with Gasteiger partial charge in [0.2, 0.25) is 0 Å². The van der Waals surface area contributed by atoms with Gasteiger partial charge in [-0.1, -0.05) is 29.4 Å². The standard InChI is InChI=1S/C13H13ClN2O2S/c1-8-3-4-10(5-11(8)14)16-9(2)6-15-13(16)19-7-12(17)18/h3-6H,7H2,1-2H3,(H,17,18). The molecule has 0 fully saturated rings. The molecule has 2 aromatic rings. The van der Waals surface area contributed by atoms with Crippen LogP contribution in [0.2, 0.25) is 5.02 Å². The lowest BCUT2D eigenvalue weighted by Gasteiger charge is -2.10. The first-order chi connectivity index (χ1) is 8.99. The van der Waals surface area contributed by atoms with E-state index in [1.165, 1.54) is 11.8 Å². The lowest BCUT2D eigenvalue weighted by molar-refractivity contribution is -0.133. The Labute approximate surface area is 120 Å². The largest absolute Gasteiger partial charge is 0.481 e. The maximum Gasteiger partial charge on any atom is 0.313 e. The molecule has 0 aliphatic heterocycles. The van der Waals surface area contributed by atoms with Gasteiger partial charge in [-0.15, -0.1) is 0 Å². The van der Waals surface area contributed by atoms with Crippen molar-refractivity contribution in [1.82, 2.24) is 9.55 Å². The minimum absolute atomic E-state index is 0.0178. The molecule has 0 amide bonds. The van der Waals surface area contributed by atoms with Crippen molar-refractivity contribution in [3.63, 3.8) is 0 Å². The number of aromatic nitrogens is 2. The quantitative estimate of drug-likeness (QED) is 0.879. The number of carboxylic acid groups (broad SMARTS) is 1. The van der Waals surface area contributed by atoms with Crippen LogP contribution in [-0.2, 0) is 4.79 Å². The Hall–Kier alpha value is -1.46. The molecule has 0 saturated heterocycles. The third kappa shape index (κ3) is 3.11. The van der Waals surface area contributed by atoms with E-state index < -0.39 is 5.97 Å². The lowest BCUT2D eigenvalue weighted by Crippen LogP contribution is -2.03. The van der Waals surface area contributed by atoms with E-state index in [4.69, 9.17) is 16.7 Å². The smallest absolute Gasteiger partial charge is 0.313 e. The topological polar surface area (TPSA) is 55.1 Å². The Balaban J connectivity index is 2.40. The van der Waals surface area contributed by atoms with Gasteiger partial charge >= 0.3 is 5.97 Å². The zero-order valence-electron chi connectivity index (χ0n) is 10.6. The fourth-order valence-corrected chi connectivity index (χ4v) is 2.61. The minimum atomic E-state index is -0.862. The first kappa shape index (κ1) is 14.0. The second-order valence-corrected chi connectivity index (χ2v) is 5.48. The summed E-state index contributed by atoms with van der Waals surface area (Å²) in [6, 6.07) is 5.74. The van der Waals surface area contributed by atoms with Gasteiger partial charge in [0.1, 0.15) is 0 Å². The van der Waals surface area contributed by atoms with E-state index in [0.717, 1.165) is 16.9 Å². The van der Waals surface area contributed by atoms with Crippen molar-refractivity contribution in [2.45, 2.75) is 19.0 Å². The molecule has 1 N–H and O–H groups in total. The Morgan fingerprint density at radius 1 is 1.47 bits per heavy atom. The number of imidazole rings is 1. The maximum atomic E-state index is 10.6. The summed E-state index contributed by atoms with van der Waals surface area (Å²) >= 11 is 7.32. The minimum Gasteiger partial charge on any atom is -0.481 e. The summed E-state index contributed by atoms with van der Waals surface area (Å²) in [7, 11) is 0. The molecule has 1 aromatic carbocycles. The number of benzene rings is 1. The normalized spacial score (nSPS) is 10.7. The molecule has 19 heavy (non-hydrogen) atoms. The summed E-state index contributed by atoms with van der Waals surface area (Å²) < 4.78 is 1.90. The summed E-state index contributed by atoms with van der Waals surface area (Å²) in [5, 5.41) is 10.1. The molecule has 0 aliphatic rings. The molecule has 4 nitrogen and oxygen atoms in total. The van der Waals surface area contributed by atoms with Crippen LogP contribution in [0.5, 0.6) is 0 Å². The molecule has 0 unspecified atom stereocenters. The first-order valence-electron chi connectivity index (χ1n) is 5.64. The van der Waals surface area contributed by atoms with Gasteiger partial charge in [-0.05, 0) is 31.5 Å². The SMILES string of the molecule is Cc1ccc(-n2c(C)cnc2SCC(=O)O)cc1Cl. The van der Waals surface area contributed by atoms with E-state index in [2.05, 4.69) is 4.98 Å². The summed E-state index contributed by atoms with van der Waals surface area (Å²) in [4.78, 5) is 14.9. The lowest BCUT2D eigenvalue weighted by atomic mass is 10.2. The van der Waals surface area contributed by atoms with Crippen LogP contribution >= 0.6 is 23.4 Å². The van der Waals surface area contributed by atoms with Gasteiger partial charge in [0.05, 0.1) is 5.75 Å². The molecular weight excluding hydrogens is 284 g/mol. The van der Waals surface area contributed by atoms with Crippen molar-refractivity contribution in [2.24, 2.45) is 0 Å². The van der Waals surface area contributed by atoms with E-state index in [1.807, 2.05) is 36.6 Å². The van der Waals surface area contributed by atoms with Crippen LogP contribution in [0.4, 0.5) is 0 Å². The molecule has 0 saturated carbocycles. The van der Waals surface area contributed by atoms with Crippen LogP contribution < -0.4 is 0 Å². The highest BCUT2D eigenvalue weighted by molar-refractivity contribution is 7.99. The number of aryl methyl sites for hydroxylation is 2. The van der Waals surface area contributed by atoms with Crippen molar-refractivity contribution >= 4 is 29.3 Å². The Kier molecular flexibility index (Phi) is 4.17. The molecule has 2 rings (SSSR count). The van der Waals surface area contributed by atoms with Crippen LogP contribution in [0.1, 0.15) is 11.3 Å². The molecule has 0 bridgehead atoms. The van der Waals surface area contributed by atoms with Crippen LogP contribution in [0.15, 0.2) is 29.6 Å². The summed E-state index contributed by atoms with van der Waals surface area (Å²) in [6.45, 7) is 3.86. The van der Waals surface area contributed by atoms with Crippen molar-refractivity contribution in [1.29, 1.82) is 0 Å². The maximum absolute atomic E-state index is 10.6. The number of halogens is 1. The molecule has 0 aliphatic carbocycles. The Bertz CT molecular complexity index is 625. The molecular formula is C13H13ClN2O2S. The van der Waals surface area contributed by atoms with Gasteiger partial charge in [0, 0.05) is 22.6 Å². The summed E-state index contributed by atoms with van der Waals surface area (Å²) in [5.41, 5.74) is 2.83. The highest BCUT2D eigenvalue weighted by Gasteiger charge is 2.12. The molecule has 1 aromatic heterocycles. The predicted molar refractivity (Wildman–Crippen MR) is 76.4 cm³/mol. The van der Waals surface area contributed by atoms with E-state index in [1.54, 1.807) is 6.20 Å². The monoisotopic (exact) mass is 296 g/mol. The molecule has 100 valence electrons. The van der Waals surface area contributed by atoms with Crippen LogP contribution in [0.3, 0.4) is 0 Å². The van der Waals surface area contributed by atoms with Gasteiger partial charge in [-0.2, -0.15) is 0 Å². The van der Waals surface area contributed by atoms with Crippen molar-refractivity contribution in [3.8, 4) is 5.69 Å². The van der Waals surface area contributed by atoms with E-state index in [0.29, 0.717) is 10.2 Å². The van der Waals surface area contributed by atoms with Crippen LogP contribution in [0.25, 0.3) is 5.69 Å². The second-order valence-electron chi connectivity index (χ2n) is 4.13. The highest BCUT2D eigenvalue weighted by Crippen LogP contribution is 2.26. The third-order valence-electron chi connectivity index (χ3n) is 2.64. The van der Waals surface area contributed by atoms with Crippen molar-refractivity contribution in [2.75, 3.05) is 5.75 Å². The van der Waals surface area contributed by atoms with Crippen molar-refractivity contribution < 1.29 is 9.90 Å². The summed E-state index contributed by atoms with van der Waals surface area (Å²) in [6.07, 6.45) is 1.72. The highest BCUT2D eigenvalue weighted by atomic mass is 35.5. The van der Waals surface area contributed by atoms with Crippen molar-refractivity contribution in [3.05, 3.63) is 40.7 Å². The van der Waals surface area contributed by atoms with E-state index in [-0.39, 0.29) is 5.75 Å². The number of carboxylic acids is 1. The average molecular weight is 297 g/mol. The zero-order chi connectivity index (χ0) is 14.0. The number of nitrogens with zero attached hydrogens (tertiary/aromatic N) is 2. The van der Waals surface area contributed by atoms with Gasteiger partial charge in [0.15, 0.2) is 5.16 Å². The molecule has 1 heterocycles. The Morgan fingerprint density at radius 2 is 2.21 bits per heavy atom.